The summed E-state index contributed by atoms with van der Waals surface area (Å²) in [5.41, 5.74) is 3.25. The third-order valence-electron chi connectivity index (χ3n) is 4.79. The minimum absolute atomic E-state index is 0.0813. The van der Waals surface area contributed by atoms with Crippen molar-refractivity contribution in [2.45, 2.75) is 51.5 Å². The Morgan fingerprint density at radius 3 is 2.90 bits per heavy atom. The maximum atomic E-state index is 12.4. The molecule has 0 spiro atoms. The number of fused-ring (bicyclic) bond motifs is 1. The van der Waals surface area contributed by atoms with Crippen molar-refractivity contribution in [3.8, 4) is 0 Å². The highest BCUT2D eigenvalue weighted by Crippen LogP contribution is 2.27. The largest absolute Gasteiger partial charge is 0.384 e. The van der Waals surface area contributed by atoms with Gasteiger partial charge in [0, 0.05) is 23.8 Å². The second-order valence-electron chi connectivity index (χ2n) is 6.21. The summed E-state index contributed by atoms with van der Waals surface area (Å²) in [6.07, 6.45) is 7.53. The summed E-state index contributed by atoms with van der Waals surface area (Å²) in [6.45, 7) is 3.14. The number of hydrogen-bond acceptors (Lipinski definition) is 2. The van der Waals surface area contributed by atoms with Crippen LogP contribution in [0.3, 0.4) is 0 Å². The van der Waals surface area contributed by atoms with E-state index >= 15 is 0 Å². The van der Waals surface area contributed by atoms with Crippen molar-refractivity contribution in [3.63, 3.8) is 0 Å². The minimum atomic E-state index is 0.0813. The van der Waals surface area contributed by atoms with Gasteiger partial charge in [0.2, 0.25) is 0 Å². The summed E-state index contributed by atoms with van der Waals surface area (Å²) in [5.74, 6) is 0.738. The first-order valence-corrected chi connectivity index (χ1v) is 7.92. The Morgan fingerprint density at radius 2 is 2.10 bits per heavy atom. The van der Waals surface area contributed by atoms with E-state index in [1.807, 2.05) is 18.2 Å². The third-order valence-corrected chi connectivity index (χ3v) is 4.79. The molecule has 0 radical (unpaired) electrons. The molecule has 2 N–H and O–H groups in total. The Bertz CT molecular complexity index is 492. The molecular weight excluding hydrogens is 248 g/mol. The van der Waals surface area contributed by atoms with E-state index in [1.165, 1.54) is 43.4 Å². The average molecular weight is 272 g/mol. The van der Waals surface area contributed by atoms with Crippen LogP contribution >= 0.6 is 0 Å². The van der Waals surface area contributed by atoms with Gasteiger partial charge in [0.05, 0.1) is 0 Å². The highest BCUT2D eigenvalue weighted by Gasteiger charge is 2.22. The van der Waals surface area contributed by atoms with Gasteiger partial charge < -0.3 is 10.6 Å². The van der Waals surface area contributed by atoms with Gasteiger partial charge in [-0.3, -0.25) is 4.79 Å². The van der Waals surface area contributed by atoms with Crippen molar-refractivity contribution in [1.29, 1.82) is 0 Å². The van der Waals surface area contributed by atoms with Crippen molar-refractivity contribution in [3.05, 3.63) is 29.3 Å². The summed E-state index contributed by atoms with van der Waals surface area (Å²) < 4.78 is 0. The lowest BCUT2D eigenvalue weighted by molar-refractivity contribution is 0.0919. The van der Waals surface area contributed by atoms with Crippen LogP contribution in [0.5, 0.6) is 0 Å². The molecule has 1 aliphatic carbocycles. The number of benzene rings is 1. The fraction of sp³-hybridized carbons (Fsp3) is 0.588. The molecule has 20 heavy (non-hydrogen) atoms. The van der Waals surface area contributed by atoms with E-state index in [2.05, 4.69) is 17.6 Å². The van der Waals surface area contributed by atoms with Crippen LogP contribution in [0.4, 0.5) is 5.69 Å². The van der Waals surface area contributed by atoms with Crippen molar-refractivity contribution in [1.82, 2.24) is 5.32 Å². The normalized spacial score (nSPS) is 20.1. The molecule has 1 aromatic rings. The number of rotatable bonds is 3. The highest BCUT2D eigenvalue weighted by molar-refractivity contribution is 5.95. The maximum absolute atomic E-state index is 12.4. The van der Waals surface area contributed by atoms with Crippen LogP contribution in [0.1, 0.15) is 54.9 Å². The predicted molar refractivity (Wildman–Crippen MR) is 82.1 cm³/mol. The van der Waals surface area contributed by atoms with Crippen LogP contribution in [-0.4, -0.2) is 18.5 Å². The van der Waals surface area contributed by atoms with Crippen molar-refractivity contribution >= 4 is 11.6 Å². The number of hydrogen-bond donors (Lipinski definition) is 2. The monoisotopic (exact) mass is 272 g/mol. The summed E-state index contributed by atoms with van der Waals surface area (Å²) in [5, 5.41) is 6.52. The zero-order valence-corrected chi connectivity index (χ0v) is 12.2. The number of anilines is 1. The second kappa shape index (κ2) is 5.86. The quantitative estimate of drug-likeness (QED) is 0.886. The van der Waals surface area contributed by atoms with Gasteiger partial charge in [0.15, 0.2) is 0 Å². The molecule has 0 unspecified atom stereocenters. The smallest absolute Gasteiger partial charge is 0.251 e. The van der Waals surface area contributed by atoms with E-state index in [1.54, 1.807) is 0 Å². The zero-order valence-electron chi connectivity index (χ0n) is 12.2. The van der Waals surface area contributed by atoms with E-state index in [-0.39, 0.29) is 11.9 Å². The highest BCUT2D eigenvalue weighted by atomic mass is 16.1. The van der Waals surface area contributed by atoms with Gasteiger partial charge in [-0.1, -0.05) is 19.3 Å². The molecule has 1 saturated carbocycles. The van der Waals surface area contributed by atoms with Crippen LogP contribution in [0.15, 0.2) is 18.2 Å². The molecule has 3 nitrogen and oxygen atoms in total. The van der Waals surface area contributed by atoms with E-state index in [0.717, 1.165) is 18.5 Å². The van der Waals surface area contributed by atoms with Crippen LogP contribution < -0.4 is 10.6 Å². The van der Waals surface area contributed by atoms with Gasteiger partial charge in [0.25, 0.3) is 5.91 Å². The van der Waals surface area contributed by atoms with Crippen LogP contribution in [0.25, 0.3) is 0 Å². The average Bonchev–Trinajstić information content (AvgIpc) is 2.95. The van der Waals surface area contributed by atoms with Gasteiger partial charge in [-0.15, -0.1) is 0 Å². The Kier molecular flexibility index (Phi) is 3.95. The molecule has 1 aliphatic heterocycles. The molecule has 0 saturated heterocycles. The molecule has 2 aliphatic rings. The molecule has 1 fully saturated rings. The van der Waals surface area contributed by atoms with Gasteiger partial charge in [-0.25, -0.2) is 0 Å². The lowest BCUT2D eigenvalue weighted by Gasteiger charge is -2.28. The van der Waals surface area contributed by atoms with Crippen molar-refractivity contribution in [2.75, 3.05) is 11.9 Å². The maximum Gasteiger partial charge on any atom is 0.251 e. The predicted octanol–water partition coefficient (Wildman–Crippen LogP) is 3.35. The number of nitrogens with one attached hydrogen (secondary N) is 2. The molecule has 0 aromatic heterocycles. The summed E-state index contributed by atoms with van der Waals surface area (Å²) >= 11 is 0. The molecular formula is C17H24N2O. The summed E-state index contributed by atoms with van der Waals surface area (Å²) in [7, 11) is 0. The fourth-order valence-electron chi connectivity index (χ4n) is 3.49. The molecule has 1 aromatic carbocycles. The SMILES string of the molecule is C[C@H](NC(=O)c1ccc2c(c1)CCN2)C1CCCCC1. The zero-order chi connectivity index (χ0) is 13.9. The summed E-state index contributed by atoms with van der Waals surface area (Å²) in [6, 6.07) is 6.29. The van der Waals surface area contributed by atoms with E-state index in [9.17, 15) is 4.79 Å². The van der Waals surface area contributed by atoms with Crippen LogP contribution in [0, 0.1) is 5.92 Å². The van der Waals surface area contributed by atoms with Gasteiger partial charge >= 0.3 is 0 Å². The van der Waals surface area contributed by atoms with Crippen LogP contribution in [0.2, 0.25) is 0 Å². The minimum Gasteiger partial charge on any atom is -0.384 e. The first-order valence-electron chi connectivity index (χ1n) is 7.92. The standard InChI is InChI=1S/C17H24N2O/c1-12(13-5-3-2-4-6-13)19-17(20)15-7-8-16-14(11-15)9-10-18-16/h7-8,11-13,18H,2-6,9-10H2,1H3,(H,19,20)/t12-/m0/s1. The molecule has 0 bridgehead atoms. The second-order valence-corrected chi connectivity index (χ2v) is 6.21. The van der Waals surface area contributed by atoms with Crippen molar-refractivity contribution < 1.29 is 4.79 Å². The lowest BCUT2D eigenvalue weighted by Crippen LogP contribution is -2.38. The lowest BCUT2D eigenvalue weighted by atomic mass is 9.84. The number of carbonyl (C=O) groups is 1. The van der Waals surface area contributed by atoms with Gasteiger partial charge in [0.1, 0.15) is 0 Å². The molecule has 3 heteroatoms. The third kappa shape index (κ3) is 2.82. The number of carbonyl (C=O) groups excluding carboxylic acids is 1. The topological polar surface area (TPSA) is 41.1 Å². The Hall–Kier alpha value is -1.51. The molecule has 108 valence electrons. The Labute approximate surface area is 121 Å². The molecule has 1 atom stereocenters. The molecule has 1 heterocycles. The van der Waals surface area contributed by atoms with Crippen molar-refractivity contribution in [2.24, 2.45) is 5.92 Å². The van der Waals surface area contributed by atoms with E-state index in [0.29, 0.717) is 5.92 Å². The van der Waals surface area contributed by atoms with E-state index < -0.39 is 0 Å². The van der Waals surface area contributed by atoms with Gasteiger partial charge in [-0.05, 0) is 55.9 Å². The Balaban J connectivity index is 1.63. The number of amides is 1. The first kappa shape index (κ1) is 13.5. The van der Waals surface area contributed by atoms with E-state index in [4.69, 9.17) is 0 Å². The summed E-state index contributed by atoms with van der Waals surface area (Å²) in [4.78, 5) is 12.4. The molecule has 3 rings (SSSR count). The fourth-order valence-corrected chi connectivity index (χ4v) is 3.49. The first-order chi connectivity index (χ1) is 9.74. The van der Waals surface area contributed by atoms with Crippen LogP contribution in [-0.2, 0) is 6.42 Å². The Morgan fingerprint density at radius 1 is 1.30 bits per heavy atom. The molecule has 1 amide bonds. The van der Waals surface area contributed by atoms with Gasteiger partial charge in [-0.2, -0.15) is 0 Å².